The minimum atomic E-state index is -0.495. The van der Waals surface area contributed by atoms with E-state index in [0.717, 1.165) is 5.70 Å². The smallest absolute Gasteiger partial charge is 0.271 e. The van der Waals surface area contributed by atoms with Gasteiger partial charge in [0.05, 0.1) is 22.3 Å². The van der Waals surface area contributed by atoms with E-state index in [1.807, 2.05) is 0 Å². The summed E-state index contributed by atoms with van der Waals surface area (Å²) >= 11 is 5.74. The van der Waals surface area contributed by atoms with Crippen molar-refractivity contribution in [2.45, 2.75) is 32.2 Å². The van der Waals surface area contributed by atoms with E-state index in [2.05, 4.69) is 5.32 Å². The number of hydrogen-bond donors (Lipinski definition) is 1. The van der Waals surface area contributed by atoms with Gasteiger partial charge in [0.15, 0.2) is 5.78 Å². The lowest BCUT2D eigenvalue weighted by Gasteiger charge is -2.30. The number of benzene rings is 1. The number of nitro benzene ring substituents is 1. The number of rotatable bonds is 2. The van der Waals surface area contributed by atoms with Gasteiger partial charge in [-0.05, 0) is 25.8 Å². The largest absolute Gasteiger partial charge is 0.357 e. The first-order valence-electron chi connectivity index (χ1n) is 7.63. The fourth-order valence-electron chi connectivity index (χ4n) is 3.34. The number of allylic oxidation sites excluding steroid dienone is 1. The van der Waals surface area contributed by atoms with Gasteiger partial charge in [-0.2, -0.15) is 0 Å². The van der Waals surface area contributed by atoms with Crippen LogP contribution in [0.15, 0.2) is 29.5 Å². The normalized spacial score (nSPS) is 20.0. The first-order chi connectivity index (χ1) is 11.4. The van der Waals surface area contributed by atoms with Crippen molar-refractivity contribution >= 4 is 40.4 Å². The predicted octanol–water partition coefficient (Wildman–Crippen LogP) is 2.99. The number of carbonyl (C=O) groups is 2. The van der Waals surface area contributed by atoms with Crippen LogP contribution in [0.5, 0.6) is 0 Å². The van der Waals surface area contributed by atoms with Crippen LogP contribution in [0, 0.1) is 10.1 Å². The Bertz CT molecular complexity index is 775. The molecular formula is C16H16ClN3O4. The molecule has 1 amide bonds. The number of carbonyl (C=O) groups excluding carboxylic acids is 2. The molecule has 0 spiro atoms. The summed E-state index contributed by atoms with van der Waals surface area (Å²) in [5, 5.41) is 14.2. The Labute approximate surface area is 143 Å². The summed E-state index contributed by atoms with van der Waals surface area (Å²) in [5.41, 5.74) is 2.12. The Morgan fingerprint density at radius 2 is 2.21 bits per heavy atom. The van der Waals surface area contributed by atoms with Crippen LogP contribution in [0.2, 0.25) is 0 Å². The van der Waals surface area contributed by atoms with Gasteiger partial charge < -0.3 is 10.2 Å². The van der Waals surface area contributed by atoms with Gasteiger partial charge in [0.1, 0.15) is 5.88 Å². The Hall–Kier alpha value is -2.41. The molecule has 1 unspecified atom stereocenters. The molecule has 1 atom stereocenters. The van der Waals surface area contributed by atoms with E-state index in [1.165, 1.54) is 23.1 Å². The van der Waals surface area contributed by atoms with E-state index in [0.29, 0.717) is 36.2 Å². The second-order valence-electron chi connectivity index (χ2n) is 5.83. The van der Waals surface area contributed by atoms with Crippen molar-refractivity contribution in [1.29, 1.82) is 0 Å². The quantitative estimate of drug-likeness (QED) is 0.503. The van der Waals surface area contributed by atoms with Crippen molar-refractivity contribution in [2.24, 2.45) is 0 Å². The maximum absolute atomic E-state index is 12.4. The van der Waals surface area contributed by atoms with Crippen LogP contribution in [-0.4, -0.2) is 28.5 Å². The van der Waals surface area contributed by atoms with Crippen LogP contribution in [0.3, 0.4) is 0 Å². The van der Waals surface area contributed by atoms with E-state index in [4.69, 9.17) is 11.6 Å². The van der Waals surface area contributed by atoms with Crippen LogP contribution in [0.25, 0.3) is 0 Å². The molecule has 0 fully saturated rings. The molecule has 0 saturated heterocycles. The average molecular weight is 350 g/mol. The molecule has 3 rings (SSSR count). The Morgan fingerprint density at radius 1 is 1.46 bits per heavy atom. The maximum Gasteiger partial charge on any atom is 0.271 e. The highest BCUT2D eigenvalue weighted by Crippen LogP contribution is 2.40. The number of nitrogens with zero attached hydrogens (tertiary/aromatic N) is 2. The highest BCUT2D eigenvalue weighted by Gasteiger charge is 2.36. The van der Waals surface area contributed by atoms with Gasteiger partial charge in [-0.25, -0.2) is 0 Å². The lowest BCUT2D eigenvalue weighted by atomic mass is 9.90. The summed E-state index contributed by atoms with van der Waals surface area (Å²) in [6.45, 7) is 1.78. The van der Waals surface area contributed by atoms with Crippen LogP contribution in [-0.2, 0) is 9.59 Å². The second-order valence-corrected chi connectivity index (χ2v) is 6.09. The molecule has 1 aliphatic heterocycles. The molecule has 1 N–H and O–H groups in total. The molecule has 0 radical (unpaired) electrons. The van der Waals surface area contributed by atoms with E-state index in [-0.39, 0.29) is 23.3 Å². The number of alkyl halides is 1. The topological polar surface area (TPSA) is 92.5 Å². The molecule has 24 heavy (non-hydrogen) atoms. The lowest BCUT2D eigenvalue weighted by Crippen LogP contribution is -2.42. The number of Topliss-reactive ketones (excluding diaryl/α,β-unsaturated/α-hetero) is 1. The number of halogens is 1. The molecule has 1 heterocycles. The Morgan fingerprint density at radius 3 is 2.88 bits per heavy atom. The molecule has 0 aromatic heterocycles. The van der Waals surface area contributed by atoms with Crippen LogP contribution < -0.4 is 10.2 Å². The molecule has 0 saturated carbocycles. The maximum atomic E-state index is 12.4. The number of amides is 1. The fourth-order valence-corrected chi connectivity index (χ4v) is 3.47. The summed E-state index contributed by atoms with van der Waals surface area (Å²) < 4.78 is 0. The summed E-state index contributed by atoms with van der Waals surface area (Å²) in [6, 6.07) is 3.76. The highest BCUT2D eigenvalue weighted by molar-refractivity contribution is 6.30. The molecule has 0 bridgehead atoms. The van der Waals surface area contributed by atoms with Crippen LogP contribution >= 0.6 is 11.6 Å². The Balaban J connectivity index is 2.20. The Kier molecular flexibility index (Phi) is 4.28. The fraction of sp³-hybridized carbons (Fsp3) is 0.375. The summed E-state index contributed by atoms with van der Waals surface area (Å²) in [6.07, 6.45) is 1.81. The summed E-state index contributed by atoms with van der Waals surface area (Å²) in [7, 11) is 0. The van der Waals surface area contributed by atoms with Gasteiger partial charge in [0, 0.05) is 29.8 Å². The van der Waals surface area contributed by atoms with Crippen LogP contribution in [0.4, 0.5) is 17.1 Å². The molecule has 1 aliphatic carbocycles. The lowest BCUT2D eigenvalue weighted by molar-refractivity contribution is -0.384. The standard InChI is InChI=1S/C16H16ClN3O4/c1-9-16-11(3-2-4-14(16)21)18-12-7-10(20(23)24)5-6-13(12)19(9)15(22)8-17/h5-7,9,18H,2-4,8H2,1H3. The zero-order valence-electron chi connectivity index (χ0n) is 13.0. The molecule has 126 valence electrons. The van der Waals surface area contributed by atoms with Crippen LogP contribution in [0.1, 0.15) is 26.2 Å². The SMILES string of the molecule is CC1C2=C(CCCC2=O)Nc2cc([N+](=O)[O-])ccc2N1C(=O)CCl. The number of ketones is 1. The van der Waals surface area contributed by atoms with E-state index >= 15 is 0 Å². The van der Waals surface area contributed by atoms with Crippen molar-refractivity contribution in [3.63, 3.8) is 0 Å². The minimum Gasteiger partial charge on any atom is -0.357 e. The first-order valence-corrected chi connectivity index (χ1v) is 8.17. The number of anilines is 2. The van der Waals surface area contributed by atoms with E-state index < -0.39 is 11.0 Å². The average Bonchev–Trinajstić information content (AvgIpc) is 2.67. The third-order valence-corrected chi connectivity index (χ3v) is 4.61. The third-order valence-electron chi connectivity index (χ3n) is 4.38. The van der Waals surface area contributed by atoms with Crippen molar-refractivity contribution < 1.29 is 14.5 Å². The molecule has 1 aromatic carbocycles. The van der Waals surface area contributed by atoms with Crippen molar-refractivity contribution in [3.05, 3.63) is 39.6 Å². The predicted molar refractivity (Wildman–Crippen MR) is 90.3 cm³/mol. The molecule has 2 aliphatic rings. The van der Waals surface area contributed by atoms with Gasteiger partial charge >= 0.3 is 0 Å². The molecule has 1 aromatic rings. The van der Waals surface area contributed by atoms with Gasteiger partial charge in [-0.3, -0.25) is 19.7 Å². The van der Waals surface area contributed by atoms with Crippen molar-refractivity contribution in [1.82, 2.24) is 0 Å². The van der Waals surface area contributed by atoms with Gasteiger partial charge in [-0.1, -0.05) is 0 Å². The van der Waals surface area contributed by atoms with E-state index in [1.54, 1.807) is 6.92 Å². The van der Waals surface area contributed by atoms with Gasteiger partial charge in [0.2, 0.25) is 5.91 Å². The zero-order valence-corrected chi connectivity index (χ0v) is 13.8. The molecular weight excluding hydrogens is 334 g/mol. The number of non-ortho nitro benzene ring substituents is 1. The summed E-state index contributed by atoms with van der Waals surface area (Å²) in [5.74, 6) is -0.600. The number of nitro groups is 1. The minimum absolute atomic E-state index is 0.00840. The van der Waals surface area contributed by atoms with E-state index in [9.17, 15) is 19.7 Å². The first kappa shape index (κ1) is 16.4. The van der Waals surface area contributed by atoms with Gasteiger partial charge in [0.25, 0.3) is 5.69 Å². The number of hydrogen-bond acceptors (Lipinski definition) is 5. The second kappa shape index (κ2) is 6.24. The zero-order chi connectivity index (χ0) is 17.4. The van der Waals surface area contributed by atoms with Gasteiger partial charge in [-0.15, -0.1) is 11.6 Å². The monoisotopic (exact) mass is 349 g/mol. The van der Waals surface area contributed by atoms with Crippen molar-refractivity contribution in [2.75, 3.05) is 16.1 Å². The molecule has 7 nitrogen and oxygen atoms in total. The highest BCUT2D eigenvalue weighted by atomic mass is 35.5. The van der Waals surface area contributed by atoms with Crippen molar-refractivity contribution in [3.8, 4) is 0 Å². The number of nitrogens with one attached hydrogen (secondary N) is 1. The summed E-state index contributed by atoms with van der Waals surface area (Å²) in [4.78, 5) is 36.8. The number of fused-ring (bicyclic) bond motifs is 1. The molecule has 8 heteroatoms. The third kappa shape index (κ3) is 2.65.